The quantitative estimate of drug-likeness (QED) is 0.502. The van der Waals surface area contributed by atoms with Gasteiger partial charge in [0.15, 0.2) is 0 Å². The molecule has 0 fully saturated rings. The summed E-state index contributed by atoms with van der Waals surface area (Å²) in [5.74, 6) is 0.541. The fourth-order valence-electron chi connectivity index (χ4n) is 2.22. The molecule has 0 amide bonds. The predicted molar refractivity (Wildman–Crippen MR) is 120 cm³/mol. The zero-order chi connectivity index (χ0) is 20.9. The number of allylic oxidation sites excluding steroid dienone is 3. The molecule has 0 atom stereocenters. The first kappa shape index (κ1) is 23.2. The van der Waals surface area contributed by atoms with E-state index in [2.05, 4.69) is 29.3 Å². The van der Waals surface area contributed by atoms with Crippen molar-refractivity contribution >= 4 is 23.4 Å². The summed E-state index contributed by atoms with van der Waals surface area (Å²) in [5.41, 5.74) is 0.757. The van der Waals surface area contributed by atoms with Crippen LogP contribution in [0, 0.1) is 0 Å². The van der Waals surface area contributed by atoms with Crippen LogP contribution >= 0.6 is 12.6 Å². The number of hydrogen-bond acceptors (Lipinski definition) is 5. The molecule has 2 heterocycles. The number of pyridine rings is 1. The van der Waals surface area contributed by atoms with Crippen molar-refractivity contribution in [3.63, 3.8) is 0 Å². The van der Waals surface area contributed by atoms with E-state index in [0.717, 1.165) is 15.8 Å². The van der Waals surface area contributed by atoms with Crippen LogP contribution < -0.4 is 10.3 Å². The van der Waals surface area contributed by atoms with Crippen LogP contribution in [-0.4, -0.2) is 21.9 Å². The van der Waals surface area contributed by atoms with Crippen molar-refractivity contribution in [1.29, 1.82) is 0 Å². The summed E-state index contributed by atoms with van der Waals surface area (Å²) >= 11 is 4.26. The summed E-state index contributed by atoms with van der Waals surface area (Å²) < 4.78 is 6.43. The molecule has 3 rings (SSSR count). The lowest BCUT2D eigenvalue weighted by Crippen LogP contribution is -2.23. The van der Waals surface area contributed by atoms with Crippen LogP contribution in [0.5, 0.6) is 5.88 Å². The van der Waals surface area contributed by atoms with Gasteiger partial charge in [-0.3, -0.25) is 4.79 Å². The van der Waals surface area contributed by atoms with Crippen molar-refractivity contribution in [2.24, 2.45) is 0 Å². The van der Waals surface area contributed by atoms with Crippen molar-refractivity contribution in [2.75, 3.05) is 7.11 Å². The van der Waals surface area contributed by atoms with Gasteiger partial charge in [0.25, 0.3) is 5.56 Å². The Balaban J connectivity index is 0.000000490. The highest BCUT2D eigenvalue weighted by molar-refractivity contribution is 7.80. The van der Waals surface area contributed by atoms with E-state index in [4.69, 9.17) is 4.74 Å². The SMILES string of the molecule is C=C/C=C\C.CC.COc1ccc(Cn2ncc3cc(S)ccc3c2=O)cn1. The second-order valence-electron chi connectivity index (χ2n) is 5.35. The molecule has 0 radical (unpaired) electrons. The Morgan fingerprint density at radius 2 is 1.96 bits per heavy atom. The number of aromatic nitrogens is 3. The van der Waals surface area contributed by atoms with E-state index in [1.807, 2.05) is 45.1 Å². The maximum atomic E-state index is 12.4. The fraction of sp³-hybridized carbons (Fsp3) is 0.227. The summed E-state index contributed by atoms with van der Waals surface area (Å²) in [7, 11) is 1.56. The number of benzene rings is 1. The molecule has 0 bridgehead atoms. The smallest absolute Gasteiger partial charge is 0.274 e. The number of methoxy groups -OCH3 is 1. The molecule has 28 heavy (non-hydrogen) atoms. The molecule has 0 unspecified atom stereocenters. The van der Waals surface area contributed by atoms with Gasteiger partial charge in [-0.2, -0.15) is 5.10 Å². The molecule has 0 saturated carbocycles. The van der Waals surface area contributed by atoms with Crippen LogP contribution in [0.15, 0.2) is 77.2 Å². The maximum Gasteiger partial charge on any atom is 0.274 e. The normalized spacial score (nSPS) is 9.89. The average molecular weight is 398 g/mol. The fourth-order valence-corrected chi connectivity index (χ4v) is 2.44. The van der Waals surface area contributed by atoms with Gasteiger partial charge < -0.3 is 4.74 Å². The van der Waals surface area contributed by atoms with E-state index in [0.29, 0.717) is 17.8 Å². The third kappa shape index (κ3) is 6.70. The Bertz CT molecular complexity index is 964. The summed E-state index contributed by atoms with van der Waals surface area (Å²) in [4.78, 5) is 17.3. The van der Waals surface area contributed by atoms with E-state index in [1.54, 1.807) is 43.8 Å². The van der Waals surface area contributed by atoms with Gasteiger partial charge in [0, 0.05) is 22.5 Å². The molecule has 5 nitrogen and oxygen atoms in total. The molecule has 0 spiro atoms. The van der Waals surface area contributed by atoms with Crippen molar-refractivity contribution in [3.05, 3.63) is 83.4 Å². The van der Waals surface area contributed by atoms with Gasteiger partial charge in [0.2, 0.25) is 5.88 Å². The number of hydrogen-bond donors (Lipinski definition) is 1. The third-order valence-corrected chi connectivity index (χ3v) is 3.78. The van der Waals surface area contributed by atoms with Gasteiger partial charge in [-0.1, -0.05) is 44.7 Å². The van der Waals surface area contributed by atoms with Gasteiger partial charge in [0.1, 0.15) is 0 Å². The predicted octanol–water partition coefficient (Wildman–Crippen LogP) is 4.91. The second kappa shape index (κ2) is 12.5. The van der Waals surface area contributed by atoms with E-state index in [9.17, 15) is 4.79 Å². The average Bonchev–Trinajstić information content (AvgIpc) is 2.73. The molecular formula is C22H27N3O2S. The first-order valence-electron chi connectivity index (χ1n) is 9.00. The monoisotopic (exact) mass is 397 g/mol. The van der Waals surface area contributed by atoms with Crippen molar-refractivity contribution < 1.29 is 4.74 Å². The Labute approximate surface area is 171 Å². The van der Waals surface area contributed by atoms with Gasteiger partial charge in [-0.15, -0.1) is 12.6 Å². The molecule has 0 saturated heterocycles. The van der Waals surface area contributed by atoms with E-state index in [-0.39, 0.29) is 5.56 Å². The van der Waals surface area contributed by atoms with Crippen molar-refractivity contribution in [3.8, 4) is 5.88 Å². The van der Waals surface area contributed by atoms with Crippen LogP contribution in [0.1, 0.15) is 26.3 Å². The second-order valence-corrected chi connectivity index (χ2v) is 5.87. The standard InChI is InChI=1S/C15H13N3O2S.C5H8.C2H6/c1-20-14-5-2-10(7-16-14)9-18-15(19)13-4-3-12(21)6-11(13)8-17-18;1-3-5-4-2;1-2/h2-8,21H,9H2,1H3;3-5H,1H2,2H3;1-2H3/b;5-4-;. The first-order chi connectivity index (χ1) is 13.6. The number of fused-ring (bicyclic) bond motifs is 1. The molecular weight excluding hydrogens is 370 g/mol. The number of nitrogens with zero attached hydrogens (tertiary/aromatic N) is 3. The lowest BCUT2D eigenvalue weighted by molar-refractivity contribution is 0.397. The molecule has 1 aromatic carbocycles. The van der Waals surface area contributed by atoms with Crippen LogP contribution in [0.3, 0.4) is 0 Å². The van der Waals surface area contributed by atoms with Gasteiger partial charge in [-0.05, 0) is 30.7 Å². The number of ether oxygens (including phenoxy) is 1. The molecule has 0 aliphatic heterocycles. The van der Waals surface area contributed by atoms with E-state index in [1.165, 1.54) is 4.68 Å². The topological polar surface area (TPSA) is 57.0 Å². The number of rotatable bonds is 4. The van der Waals surface area contributed by atoms with Crippen LogP contribution in [-0.2, 0) is 6.54 Å². The highest BCUT2D eigenvalue weighted by Crippen LogP contribution is 2.14. The molecule has 0 N–H and O–H groups in total. The minimum Gasteiger partial charge on any atom is -0.481 e. The first-order valence-corrected chi connectivity index (χ1v) is 9.45. The van der Waals surface area contributed by atoms with Gasteiger partial charge in [0.05, 0.1) is 25.2 Å². The van der Waals surface area contributed by atoms with Crippen LogP contribution in [0.25, 0.3) is 10.8 Å². The largest absolute Gasteiger partial charge is 0.481 e. The summed E-state index contributed by atoms with van der Waals surface area (Å²) in [5, 5.41) is 5.61. The van der Waals surface area contributed by atoms with E-state index >= 15 is 0 Å². The molecule has 0 aliphatic carbocycles. The lowest BCUT2D eigenvalue weighted by atomic mass is 10.2. The minimum absolute atomic E-state index is 0.128. The number of thiol groups is 1. The van der Waals surface area contributed by atoms with Crippen molar-refractivity contribution in [2.45, 2.75) is 32.2 Å². The summed E-state index contributed by atoms with van der Waals surface area (Å²) in [6.45, 7) is 9.79. The van der Waals surface area contributed by atoms with Crippen LogP contribution in [0.4, 0.5) is 0 Å². The zero-order valence-corrected chi connectivity index (χ0v) is 17.7. The molecule has 6 heteroatoms. The van der Waals surface area contributed by atoms with Gasteiger partial charge in [-0.25, -0.2) is 9.67 Å². The molecule has 3 aromatic rings. The molecule has 148 valence electrons. The Hall–Kier alpha value is -2.86. The summed E-state index contributed by atoms with van der Waals surface area (Å²) in [6.07, 6.45) is 8.92. The summed E-state index contributed by atoms with van der Waals surface area (Å²) in [6, 6.07) is 9.01. The zero-order valence-electron chi connectivity index (χ0n) is 16.8. The maximum absolute atomic E-state index is 12.4. The molecule has 2 aromatic heterocycles. The molecule has 0 aliphatic rings. The highest BCUT2D eigenvalue weighted by Gasteiger charge is 2.05. The van der Waals surface area contributed by atoms with E-state index < -0.39 is 0 Å². The Morgan fingerprint density at radius 3 is 2.50 bits per heavy atom. The lowest BCUT2D eigenvalue weighted by Gasteiger charge is -2.07. The minimum atomic E-state index is -0.128. The highest BCUT2D eigenvalue weighted by atomic mass is 32.1. The van der Waals surface area contributed by atoms with Crippen LogP contribution in [0.2, 0.25) is 0 Å². The van der Waals surface area contributed by atoms with Gasteiger partial charge >= 0.3 is 0 Å². The Morgan fingerprint density at radius 1 is 1.21 bits per heavy atom. The van der Waals surface area contributed by atoms with Crippen molar-refractivity contribution in [1.82, 2.24) is 14.8 Å². The third-order valence-electron chi connectivity index (χ3n) is 3.50. The Kier molecular flexibility index (Phi) is 10.4.